The molecule has 1 saturated heterocycles. The second kappa shape index (κ2) is 5.63. The van der Waals surface area contributed by atoms with Gasteiger partial charge in [-0.3, -0.25) is 4.90 Å². The number of likely N-dealkylation sites (N-methyl/N-ethyl adjacent to an activating group) is 1. The first-order valence-corrected chi connectivity index (χ1v) is 6.28. The van der Waals surface area contributed by atoms with E-state index in [1.54, 1.807) is 0 Å². The van der Waals surface area contributed by atoms with Gasteiger partial charge in [-0.15, -0.1) is 0 Å². The molecule has 0 aromatic heterocycles. The molecule has 0 amide bonds. The van der Waals surface area contributed by atoms with Crippen LogP contribution in [-0.4, -0.2) is 54.2 Å². The van der Waals surface area contributed by atoms with Crippen LogP contribution < -0.4 is 0 Å². The zero-order chi connectivity index (χ0) is 12.3. The molecule has 94 valence electrons. The van der Waals surface area contributed by atoms with Crippen LogP contribution in [-0.2, 0) is 6.54 Å². The number of aliphatic hydroxyl groups excluding tert-OH is 1. The van der Waals surface area contributed by atoms with Crippen LogP contribution in [0.5, 0.6) is 0 Å². The van der Waals surface area contributed by atoms with Crippen molar-refractivity contribution in [3.8, 4) is 0 Å². The van der Waals surface area contributed by atoms with Gasteiger partial charge in [-0.05, 0) is 19.5 Å². The van der Waals surface area contributed by atoms with Crippen molar-refractivity contribution in [2.24, 2.45) is 0 Å². The average molecular weight is 234 g/mol. The molecule has 0 saturated carbocycles. The third-order valence-corrected chi connectivity index (χ3v) is 3.49. The molecule has 1 aliphatic heterocycles. The van der Waals surface area contributed by atoms with E-state index in [1.807, 2.05) is 0 Å². The van der Waals surface area contributed by atoms with Crippen LogP contribution in [0, 0.1) is 6.92 Å². The fraction of sp³-hybridized carbons (Fsp3) is 0.571. The van der Waals surface area contributed by atoms with Gasteiger partial charge in [0.2, 0.25) is 0 Å². The van der Waals surface area contributed by atoms with E-state index in [1.165, 1.54) is 11.1 Å². The van der Waals surface area contributed by atoms with Gasteiger partial charge in [0.25, 0.3) is 0 Å². The van der Waals surface area contributed by atoms with E-state index in [9.17, 15) is 5.11 Å². The molecule has 1 fully saturated rings. The van der Waals surface area contributed by atoms with Gasteiger partial charge in [-0.1, -0.05) is 29.8 Å². The minimum atomic E-state index is 0.246. The van der Waals surface area contributed by atoms with Crippen molar-refractivity contribution in [2.45, 2.75) is 19.5 Å². The Labute approximate surface area is 104 Å². The van der Waals surface area contributed by atoms with Gasteiger partial charge < -0.3 is 10.0 Å². The number of rotatable bonds is 3. The van der Waals surface area contributed by atoms with Crippen molar-refractivity contribution in [3.63, 3.8) is 0 Å². The molecule has 0 spiro atoms. The fourth-order valence-electron chi connectivity index (χ4n) is 2.47. The maximum absolute atomic E-state index is 9.44. The molecule has 1 aliphatic rings. The largest absolute Gasteiger partial charge is 0.395 e. The number of benzene rings is 1. The maximum atomic E-state index is 9.44. The lowest BCUT2D eigenvalue weighted by molar-refractivity contribution is 0.0458. The molecular weight excluding hydrogens is 212 g/mol. The molecule has 1 N–H and O–H groups in total. The van der Waals surface area contributed by atoms with E-state index in [4.69, 9.17) is 0 Å². The van der Waals surface area contributed by atoms with Crippen LogP contribution in [0.1, 0.15) is 11.1 Å². The van der Waals surface area contributed by atoms with Crippen LogP contribution in [0.25, 0.3) is 0 Å². The Kier molecular flexibility index (Phi) is 4.15. The highest BCUT2D eigenvalue weighted by Gasteiger charge is 2.24. The highest BCUT2D eigenvalue weighted by atomic mass is 16.3. The number of hydrogen-bond acceptors (Lipinski definition) is 3. The Balaban J connectivity index is 2.02. The normalized spacial score (nSPS) is 22.9. The third-order valence-electron chi connectivity index (χ3n) is 3.49. The number of hydrogen-bond donors (Lipinski definition) is 1. The van der Waals surface area contributed by atoms with Crippen molar-refractivity contribution in [1.29, 1.82) is 0 Å². The van der Waals surface area contributed by atoms with Crippen molar-refractivity contribution in [2.75, 3.05) is 33.3 Å². The SMILES string of the molecule is Cc1cccc(CN2CCN(C)CC2CO)c1. The van der Waals surface area contributed by atoms with Gasteiger partial charge in [0.1, 0.15) is 0 Å². The standard InChI is InChI=1S/C14H22N2O/c1-12-4-3-5-13(8-12)9-16-7-6-15(2)10-14(16)11-17/h3-5,8,14,17H,6-7,9-11H2,1-2H3. The first kappa shape index (κ1) is 12.6. The van der Waals surface area contributed by atoms with Gasteiger partial charge in [0, 0.05) is 32.2 Å². The predicted molar refractivity (Wildman–Crippen MR) is 70.0 cm³/mol. The lowest BCUT2D eigenvalue weighted by atomic mass is 10.1. The molecule has 0 bridgehead atoms. The number of aryl methyl sites for hydroxylation is 1. The summed E-state index contributed by atoms with van der Waals surface area (Å²) >= 11 is 0. The summed E-state index contributed by atoms with van der Waals surface area (Å²) in [5.74, 6) is 0. The Hall–Kier alpha value is -0.900. The topological polar surface area (TPSA) is 26.7 Å². The minimum absolute atomic E-state index is 0.246. The maximum Gasteiger partial charge on any atom is 0.0599 e. The van der Waals surface area contributed by atoms with Gasteiger partial charge in [-0.2, -0.15) is 0 Å². The zero-order valence-corrected chi connectivity index (χ0v) is 10.8. The number of aliphatic hydroxyl groups is 1. The molecule has 1 atom stereocenters. The van der Waals surface area contributed by atoms with E-state index in [0.717, 1.165) is 26.2 Å². The summed E-state index contributed by atoms with van der Waals surface area (Å²) in [5, 5.41) is 9.44. The van der Waals surface area contributed by atoms with E-state index in [-0.39, 0.29) is 12.6 Å². The van der Waals surface area contributed by atoms with Crippen LogP contribution in [0.3, 0.4) is 0 Å². The average Bonchev–Trinajstić information content (AvgIpc) is 2.31. The van der Waals surface area contributed by atoms with Crippen molar-refractivity contribution in [1.82, 2.24) is 9.80 Å². The van der Waals surface area contributed by atoms with Gasteiger partial charge in [0.05, 0.1) is 6.61 Å². The molecule has 2 rings (SSSR count). The molecule has 0 radical (unpaired) electrons. The summed E-state index contributed by atoms with van der Waals surface area (Å²) < 4.78 is 0. The van der Waals surface area contributed by atoms with Crippen LogP contribution in [0.4, 0.5) is 0 Å². The Morgan fingerprint density at radius 1 is 1.35 bits per heavy atom. The molecule has 17 heavy (non-hydrogen) atoms. The lowest BCUT2D eigenvalue weighted by Gasteiger charge is -2.39. The number of nitrogens with zero attached hydrogens (tertiary/aromatic N) is 2. The summed E-state index contributed by atoms with van der Waals surface area (Å²) in [7, 11) is 2.12. The Morgan fingerprint density at radius 3 is 2.88 bits per heavy atom. The second-order valence-electron chi connectivity index (χ2n) is 5.06. The van der Waals surface area contributed by atoms with Gasteiger partial charge in [-0.25, -0.2) is 0 Å². The molecular formula is C14H22N2O. The smallest absolute Gasteiger partial charge is 0.0599 e. The van der Waals surface area contributed by atoms with Crippen molar-refractivity contribution < 1.29 is 5.11 Å². The quantitative estimate of drug-likeness (QED) is 0.848. The molecule has 3 heteroatoms. The molecule has 1 heterocycles. The first-order chi connectivity index (χ1) is 8.19. The first-order valence-electron chi connectivity index (χ1n) is 6.28. The second-order valence-corrected chi connectivity index (χ2v) is 5.06. The highest BCUT2D eigenvalue weighted by molar-refractivity contribution is 5.22. The van der Waals surface area contributed by atoms with Gasteiger partial charge in [0.15, 0.2) is 0 Å². The van der Waals surface area contributed by atoms with E-state index < -0.39 is 0 Å². The lowest BCUT2D eigenvalue weighted by Crippen LogP contribution is -2.52. The van der Waals surface area contributed by atoms with E-state index in [0.29, 0.717) is 0 Å². The van der Waals surface area contributed by atoms with Crippen LogP contribution >= 0.6 is 0 Å². The molecule has 1 aromatic rings. The van der Waals surface area contributed by atoms with Crippen molar-refractivity contribution in [3.05, 3.63) is 35.4 Å². The molecule has 1 aromatic carbocycles. The van der Waals surface area contributed by atoms with Gasteiger partial charge >= 0.3 is 0 Å². The molecule has 0 aliphatic carbocycles. The van der Waals surface area contributed by atoms with E-state index in [2.05, 4.69) is 48.0 Å². The van der Waals surface area contributed by atoms with Crippen LogP contribution in [0.15, 0.2) is 24.3 Å². The van der Waals surface area contributed by atoms with Crippen molar-refractivity contribution >= 4 is 0 Å². The number of piperazine rings is 1. The predicted octanol–water partition coefficient (Wildman–Crippen LogP) is 1.10. The summed E-state index contributed by atoms with van der Waals surface area (Å²) in [4.78, 5) is 4.67. The Bertz CT molecular complexity index is 367. The van der Waals surface area contributed by atoms with Crippen LogP contribution in [0.2, 0.25) is 0 Å². The fourth-order valence-corrected chi connectivity index (χ4v) is 2.47. The molecule has 1 unspecified atom stereocenters. The highest BCUT2D eigenvalue weighted by Crippen LogP contribution is 2.14. The molecule has 3 nitrogen and oxygen atoms in total. The minimum Gasteiger partial charge on any atom is -0.395 e. The van der Waals surface area contributed by atoms with E-state index >= 15 is 0 Å². The third kappa shape index (κ3) is 3.28. The Morgan fingerprint density at radius 2 is 2.18 bits per heavy atom. The summed E-state index contributed by atoms with van der Waals surface area (Å²) in [5.41, 5.74) is 2.64. The monoisotopic (exact) mass is 234 g/mol. The summed E-state index contributed by atoms with van der Waals surface area (Å²) in [6.45, 7) is 6.40. The summed E-state index contributed by atoms with van der Waals surface area (Å²) in [6.07, 6.45) is 0. The zero-order valence-electron chi connectivity index (χ0n) is 10.8. The summed E-state index contributed by atoms with van der Waals surface area (Å²) in [6, 6.07) is 8.90.